The number of thiophene rings is 1. The van der Waals surface area contributed by atoms with E-state index < -0.39 is 0 Å². The Morgan fingerprint density at radius 1 is 1.10 bits per heavy atom. The molecule has 8 heteroatoms. The summed E-state index contributed by atoms with van der Waals surface area (Å²) in [7, 11) is 0. The lowest BCUT2D eigenvalue weighted by molar-refractivity contribution is 0.103. The maximum Gasteiger partial charge on any atom is 0.267 e. The molecule has 4 aromatic rings. The third-order valence-electron chi connectivity index (χ3n) is 5.67. The number of fused-ring (bicyclic) bond motifs is 3. The summed E-state index contributed by atoms with van der Waals surface area (Å²) in [4.78, 5) is 36.7. The Balaban J connectivity index is 1.54. The number of thiazole rings is 1. The number of amides is 1. The molecule has 0 radical (unpaired) electrons. The number of carbonyl (C=O) groups excluding carboxylic acids is 1. The van der Waals surface area contributed by atoms with Crippen LogP contribution in [0.15, 0.2) is 16.9 Å². The minimum atomic E-state index is -0.233. The average Bonchev–Trinajstić information content (AvgIpc) is 3.14. The second-order valence-electron chi connectivity index (χ2n) is 7.93. The van der Waals surface area contributed by atoms with Crippen molar-refractivity contribution in [1.82, 2.24) is 14.5 Å². The van der Waals surface area contributed by atoms with Gasteiger partial charge in [0.2, 0.25) is 0 Å². The van der Waals surface area contributed by atoms with E-state index in [1.54, 1.807) is 4.57 Å². The zero-order valence-electron chi connectivity index (χ0n) is 17.2. The Hall–Kier alpha value is -2.58. The van der Waals surface area contributed by atoms with Gasteiger partial charge in [0.05, 0.1) is 20.5 Å². The summed E-state index contributed by atoms with van der Waals surface area (Å²) in [6.45, 7) is 6.63. The van der Waals surface area contributed by atoms with E-state index in [2.05, 4.69) is 29.4 Å². The maximum atomic E-state index is 13.1. The molecule has 0 spiro atoms. The van der Waals surface area contributed by atoms with Crippen LogP contribution in [0.25, 0.3) is 20.4 Å². The number of anilines is 1. The van der Waals surface area contributed by atoms with E-state index in [1.807, 2.05) is 13.8 Å². The molecule has 1 amide bonds. The summed E-state index contributed by atoms with van der Waals surface area (Å²) in [6, 6.07) is 4.17. The van der Waals surface area contributed by atoms with Gasteiger partial charge in [-0.2, -0.15) is 0 Å². The predicted octanol–water partition coefficient (Wildman–Crippen LogP) is 4.97. The lowest BCUT2D eigenvalue weighted by atomic mass is 10.1. The Morgan fingerprint density at radius 2 is 1.93 bits per heavy atom. The fraction of sp³-hybridized carbons (Fsp3) is 0.364. The Kier molecular flexibility index (Phi) is 4.71. The van der Waals surface area contributed by atoms with Crippen molar-refractivity contribution in [2.24, 2.45) is 0 Å². The highest BCUT2D eigenvalue weighted by atomic mass is 32.1. The summed E-state index contributed by atoms with van der Waals surface area (Å²) in [5, 5.41) is 4.08. The highest BCUT2D eigenvalue weighted by Gasteiger charge is 2.23. The molecule has 6 nitrogen and oxygen atoms in total. The van der Waals surface area contributed by atoms with Crippen LogP contribution in [0.4, 0.5) is 5.13 Å². The fourth-order valence-corrected chi connectivity index (χ4v) is 6.33. The third kappa shape index (κ3) is 3.15. The number of hydrogen-bond acceptors (Lipinski definition) is 6. The maximum absolute atomic E-state index is 13.1. The van der Waals surface area contributed by atoms with Crippen molar-refractivity contribution < 1.29 is 4.79 Å². The summed E-state index contributed by atoms with van der Waals surface area (Å²) in [5.74, 6) is 0.610. The molecule has 30 heavy (non-hydrogen) atoms. The molecule has 1 aromatic carbocycles. The van der Waals surface area contributed by atoms with Crippen molar-refractivity contribution in [2.45, 2.75) is 53.0 Å². The molecule has 0 aliphatic carbocycles. The van der Waals surface area contributed by atoms with E-state index in [0.29, 0.717) is 32.3 Å². The summed E-state index contributed by atoms with van der Waals surface area (Å²) >= 11 is 2.77. The van der Waals surface area contributed by atoms with E-state index in [4.69, 9.17) is 4.98 Å². The molecule has 1 N–H and O–H groups in total. The molecule has 4 heterocycles. The molecule has 1 aliphatic rings. The first kappa shape index (κ1) is 19.4. The second kappa shape index (κ2) is 7.28. The molecule has 154 valence electrons. The number of aryl methyl sites for hydroxylation is 4. The van der Waals surface area contributed by atoms with Crippen molar-refractivity contribution in [1.29, 1.82) is 0 Å². The van der Waals surface area contributed by atoms with Crippen LogP contribution in [0.1, 0.15) is 51.4 Å². The predicted molar refractivity (Wildman–Crippen MR) is 123 cm³/mol. The fourth-order valence-electron chi connectivity index (χ4n) is 4.20. The summed E-state index contributed by atoms with van der Waals surface area (Å²) in [5.41, 5.74) is 3.87. The highest BCUT2D eigenvalue weighted by molar-refractivity contribution is 7.23. The van der Waals surface area contributed by atoms with Crippen LogP contribution in [0.3, 0.4) is 0 Å². The first-order valence-corrected chi connectivity index (χ1v) is 11.8. The van der Waals surface area contributed by atoms with Crippen molar-refractivity contribution in [3.05, 3.63) is 49.9 Å². The zero-order valence-corrected chi connectivity index (χ0v) is 18.8. The number of carbonyl (C=O) groups is 1. The Morgan fingerprint density at radius 3 is 2.77 bits per heavy atom. The molecule has 1 aliphatic heterocycles. The SMILES string of the molecule is Cc1cc(C)c2nc(NC(=O)c3sc4nc5n(c(=O)c4c3C)CCCCC5)sc2c1. The van der Waals surface area contributed by atoms with Crippen LogP contribution < -0.4 is 10.9 Å². The minimum Gasteiger partial charge on any atom is -0.297 e. The topological polar surface area (TPSA) is 76.9 Å². The Labute approximate surface area is 181 Å². The van der Waals surface area contributed by atoms with E-state index in [0.717, 1.165) is 47.3 Å². The van der Waals surface area contributed by atoms with Gasteiger partial charge in [0.1, 0.15) is 10.7 Å². The van der Waals surface area contributed by atoms with E-state index >= 15 is 0 Å². The van der Waals surface area contributed by atoms with Crippen molar-refractivity contribution in [2.75, 3.05) is 5.32 Å². The van der Waals surface area contributed by atoms with Gasteiger partial charge < -0.3 is 0 Å². The average molecular weight is 439 g/mol. The van der Waals surface area contributed by atoms with Crippen LogP contribution in [0.2, 0.25) is 0 Å². The minimum absolute atomic E-state index is 0.0178. The number of benzene rings is 1. The van der Waals surface area contributed by atoms with E-state index in [9.17, 15) is 9.59 Å². The number of nitrogens with zero attached hydrogens (tertiary/aromatic N) is 3. The first-order valence-electron chi connectivity index (χ1n) is 10.1. The van der Waals surface area contributed by atoms with Crippen LogP contribution >= 0.6 is 22.7 Å². The summed E-state index contributed by atoms with van der Waals surface area (Å²) in [6.07, 6.45) is 3.97. The van der Waals surface area contributed by atoms with Gasteiger partial charge in [0.15, 0.2) is 5.13 Å². The molecule has 0 saturated heterocycles. The second-order valence-corrected chi connectivity index (χ2v) is 9.96. The van der Waals surface area contributed by atoms with Crippen LogP contribution in [-0.4, -0.2) is 20.4 Å². The lowest BCUT2D eigenvalue weighted by Gasteiger charge is -2.08. The molecular weight excluding hydrogens is 416 g/mol. The number of rotatable bonds is 2. The molecule has 0 unspecified atom stereocenters. The highest BCUT2D eigenvalue weighted by Crippen LogP contribution is 2.32. The van der Waals surface area contributed by atoms with Crippen LogP contribution in [0.5, 0.6) is 0 Å². The summed E-state index contributed by atoms with van der Waals surface area (Å²) < 4.78 is 2.86. The first-order chi connectivity index (χ1) is 14.4. The van der Waals surface area contributed by atoms with Gasteiger partial charge in [-0.15, -0.1) is 11.3 Å². The van der Waals surface area contributed by atoms with Crippen LogP contribution in [0, 0.1) is 20.8 Å². The van der Waals surface area contributed by atoms with Gasteiger partial charge in [0.25, 0.3) is 11.5 Å². The van der Waals surface area contributed by atoms with Crippen molar-refractivity contribution in [3.8, 4) is 0 Å². The molecule has 0 bridgehead atoms. The van der Waals surface area contributed by atoms with E-state index in [-0.39, 0.29) is 11.5 Å². The monoisotopic (exact) mass is 438 g/mol. The van der Waals surface area contributed by atoms with Gasteiger partial charge >= 0.3 is 0 Å². The van der Waals surface area contributed by atoms with Crippen molar-refractivity contribution >= 4 is 54.1 Å². The van der Waals surface area contributed by atoms with Gasteiger partial charge in [0, 0.05) is 13.0 Å². The molecule has 3 aromatic heterocycles. The normalized spacial score (nSPS) is 14.1. The van der Waals surface area contributed by atoms with E-state index in [1.165, 1.54) is 28.2 Å². The lowest BCUT2D eigenvalue weighted by Crippen LogP contribution is -2.24. The quantitative estimate of drug-likeness (QED) is 0.479. The smallest absolute Gasteiger partial charge is 0.267 e. The number of aromatic nitrogens is 3. The zero-order chi connectivity index (χ0) is 21.0. The third-order valence-corrected chi connectivity index (χ3v) is 7.77. The van der Waals surface area contributed by atoms with Crippen LogP contribution in [-0.2, 0) is 13.0 Å². The molecule has 0 atom stereocenters. The van der Waals surface area contributed by atoms with Gasteiger partial charge in [-0.05, 0) is 56.4 Å². The molecule has 0 fully saturated rings. The standard InChI is InChI=1S/C22H22N4O2S2/c1-11-9-12(2)17-14(10-11)29-22(24-17)25-19(27)18-13(3)16-20(30-18)23-15-7-5-4-6-8-26(15)21(16)28/h9-10H,4-8H2,1-3H3,(H,24,25,27). The molecule has 0 saturated carbocycles. The molecular formula is C22H22N4O2S2. The number of nitrogens with one attached hydrogen (secondary N) is 1. The molecule has 5 rings (SSSR count). The number of hydrogen-bond donors (Lipinski definition) is 1. The van der Waals surface area contributed by atoms with Gasteiger partial charge in [-0.25, -0.2) is 9.97 Å². The largest absolute Gasteiger partial charge is 0.297 e. The van der Waals surface area contributed by atoms with Gasteiger partial charge in [-0.3, -0.25) is 19.5 Å². The Bertz CT molecular complexity index is 1380. The van der Waals surface area contributed by atoms with Gasteiger partial charge in [-0.1, -0.05) is 23.8 Å². The van der Waals surface area contributed by atoms with Crippen molar-refractivity contribution in [3.63, 3.8) is 0 Å².